The second kappa shape index (κ2) is 45.2. The fraction of sp³-hybridized carbons (Fsp3) is 0.962. The van der Waals surface area contributed by atoms with Gasteiger partial charge in [-0.2, -0.15) is 0 Å². The molecule has 0 aliphatic rings. The molecule has 334 valence electrons. The summed E-state index contributed by atoms with van der Waals surface area (Å²) in [4.78, 5) is 25.4. The van der Waals surface area contributed by atoms with Crippen LogP contribution in [0.25, 0.3) is 0 Å². The Bertz CT molecular complexity index is 794. The highest BCUT2D eigenvalue weighted by molar-refractivity contribution is 5.80. The van der Waals surface area contributed by atoms with Gasteiger partial charge in [0.15, 0.2) is 6.10 Å². The normalized spacial score (nSPS) is 12.8. The third-order valence-electron chi connectivity index (χ3n) is 12.4. The van der Waals surface area contributed by atoms with Crippen LogP contribution < -0.4 is 0 Å². The molecule has 0 saturated carbocycles. The van der Waals surface area contributed by atoms with Gasteiger partial charge in [-0.25, -0.2) is 4.79 Å². The summed E-state index contributed by atoms with van der Waals surface area (Å²) in [6, 6.07) is 0. The van der Waals surface area contributed by atoms with E-state index in [2.05, 4.69) is 27.7 Å². The molecule has 0 aromatic carbocycles. The minimum atomic E-state index is -0.971. The molecule has 0 aromatic heterocycles. The Morgan fingerprint density at radius 1 is 0.393 bits per heavy atom. The molecule has 0 aromatic rings. The zero-order valence-corrected chi connectivity index (χ0v) is 38.8. The van der Waals surface area contributed by atoms with E-state index in [9.17, 15) is 14.7 Å². The molecule has 2 atom stereocenters. The highest BCUT2D eigenvalue weighted by Gasteiger charge is 2.18. The van der Waals surface area contributed by atoms with Gasteiger partial charge in [0.05, 0.1) is 6.61 Å². The van der Waals surface area contributed by atoms with Gasteiger partial charge < -0.3 is 9.84 Å². The Morgan fingerprint density at radius 2 is 0.696 bits per heavy atom. The van der Waals surface area contributed by atoms with Crippen molar-refractivity contribution in [2.75, 3.05) is 6.61 Å². The molecular weight excluding hydrogens is 689 g/mol. The number of aliphatic hydroxyl groups excluding tert-OH is 1. The highest BCUT2D eigenvalue weighted by Crippen LogP contribution is 2.23. The van der Waals surface area contributed by atoms with Crippen molar-refractivity contribution in [2.45, 2.75) is 303 Å². The molecule has 0 heterocycles. The number of esters is 1. The molecule has 1 N–H and O–H groups in total. The largest absolute Gasteiger partial charge is 0.464 e. The predicted octanol–water partition coefficient (Wildman–Crippen LogP) is 17.2. The van der Waals surface area contributed by atoms with Gasteiger partial charge in [-0.15, -0.1) is 0 Å². The fourth-order valence-electron chi connectivity index (χ4n) is 8.40. The van der Waals surface area contributed by atoms with Crippen LogP contribution in [-0.4, -0.2) is 29.6 Å². The van der Waals surface area contributed by atoms with Crippen molar-refractivity contribution >= 4 is 11.8 Å². The summed E-state index contributed by atoms with van der Waals surface area (Å²) in [7, 11) is 0. The van der Waals surface area contributed by atoms with Gasteiger partial charge in [0, 0.05) is 12.3 Å². The van der Waals surface area contributed by atoms with Crippen molar-refractivity contribution in [3.63, 3.8) is 0 Å². The van der Waals surface area contributed by atoms with E-state index in [0.717, 1.165) is 63.7 Å². The average Bonchev–Trinajstić information content (AvgIpc) is 3.19. The maximum absolute atomic E-state index is 13.2. The van der Waals surface area contributed by atoms with E-state index in [1.165, 1.54) is 205 Å². The van der Waals surface area contributed by atoms with Gasteiger partial charge in [0.2, 0.25) is 0 Å². The standard InChI is InChI=1S/C52H102O4/c1-5-7-9-11-12-13-14-15-16-17-20-23-28-33-39-45-50(53)49(43-37-10-8-6-2)44-38-32-27-25-29-34-40-46-51(54)52(55)56-47-41-35-30-24-21-18-19-22-26-31-36-42-48(3)4/h48-49,51,54H,5-47H2,1-4H3. The molecule has 0 saturated heterocycles. The van der Waals surface area contributed by atoms with Crippen molar-refractivity contribution < 1.29 is 19.4 Å². The maximum Gasteiger partial charge on any atom is 0.334 e. The second-order valence-electron chi connectivity index (χ2n) is 18.5. The Balaban J connectivity index is 3.80. The molecule has 4 nitrogen and oxygen atoms in total. The summed E-state index contributed by atoms with van der Waals surface area (Å²) < 4.78 is 5.36. The maximum atomic E-state index is 13.2. The first-order valence-corrected chi connectivity index (χ1v) is 25.8. The van der Waals surface area contributed by atoms with Crippen molar-refractivity contribution in [2.24, 2.45) is 11.8 Å². The summed E-state index contributed by atoms with van der Waals surface area (Å²) in [6.07, 6.45) is 51.4. The molecule has 0 rings (SSSR count). The lowest BCUT2D eigenvalue weighted by Gasteiger charge is -2.16. The zero-order chi connectivity index (χ0) is 41.0. The molecule has 0 radical (unpaired) electrons. The quantitative estimate of drug-likeness (QED) is 0.0493. The van der Waals surface area contributed by atoms with E-state index in [4.69, 9.17) is 4.74 Å². The van der Waals surface area contributed by atoms with Crippen LogP contribution >= 0.6 is 0 Å². The minimum Gasteiger partial charge on any atom is -0.464 e. The molecule has 0 amide bonds. The summed E-state index contributed by atoms with van der Waals surface area (Å²) in [6.45, 7) is 9.63. The summed E-state index contributed by atoms with van der Waals surface area (Å²) in [5, 5.41) is 10.3. The Hall–Kier alpha value is -0.900. The number of hydrogen-bond acceptors (Lipinski definition) is 4. The highest BCUT2D eigenvalue weighted by atomic mass is 16.5. The molecule has 0 spiro atoms. The molecule has 0 bridgehead atoms. The van der Waals surface area contributed by atoms with Crippen LogP contribution in [0.4, 0.5) is 0 Å². The molecule has 56 heavy (non-hydrogen) atoms. The van der Waals surface area contributed by atoms with Gasteiger partial charge in [-0.1, -0.05) is 259 Å². The van der Waals surface area contributed by atoms with E-state index in [1.807, 2.05) is 0 Å². The van der Waals surface area contributed by atoms with Crippen LogP contribution in [0.3, 0.4) is 0 Å². The van der Waals surface area contributed by atoms with E-state index in [1.54, 1.807) is 0 Å². The lowest BCUT2D eigenvalue weighted by Crippen LogP contribution is -2.23. The molecule has 4 heteroatoms. The van der Waals surface area contributed by atoms with Crippen LogP contribution in [0, 0.1) is 11.8 Å². The van der Waals surface area contributed by atoms with E-state index in [0.29, 0.717) is 18.8 Å². The number of hydrogen-bond donors (Lipinski definition) is 1. The Morgan fingerprint density at radius 3 is 1.09 bits per heavy atom. The molecule has 0 fully saturated rings. The minimum absolute atomic E-state index is 0.286. The number of Topliss-reactive ketones (excluding diaryl/α,β-unsaturated/α-hetero) is 1. The van der Waals surface area contributed by atoms with Crippen molar-refractivity contribution in [1.82, 2.24) is 0 Å². The van der Waals surface area contributed by atoms with Crippen LogP contribution in [0.5, 0.6) is 0 Å². The van der Waals surface area contributed by atoms with Gasteiger partial charge in [0.25, 0.3) is 0 Å². The number of carbonyl (C=O) groups excluding carboxylic acids is 2. The summed E-state index contributed by atoms with van der Waals surface area (Å²) >= 11 is 0. The smallest absolute Gasteiger partial charge is 0.334 e. The first kappa shape index (κ1) is 55.1. The van der Waals surface area contributed by atoms with Crippen LogP contribution in [0.15, 0.2) is 0 Å². The number of ether oxygens (including phenoxy) is 1. The Labute approximate surface area is 352 Å². The molecular formula is C52H102O4. The summed E-state index contributed by atoms with van der Waals surface area (Å²) in [5.74, 6) is 1.25. The monoisotopic (exact) mass is 791 g/mol. The number of ketones is 1. The molecule has 0 aliphatic carbocycles. The lowest BCUT2D eigenvalue weighted by atomic mass is 9.88. The number of aliphatic hydroxyl groups is 1. The van der Waals surface area contributed by atoms with Crippen LogP contribution in [0.1, 0.15) is 297 Å². The number of unbranched alkanes of at least 4 members (excludes halogenated alkanes) is 33. The van der Waals surface area contributed by atoms with Gasteiger partial charge in [0.1, 0.15) is 5.78 Å². The SMILES string of the molecule is CCCCCCCCCCCCCCCCCC(=O)C(CCCCCC)CCCCCCCCCC(O)C(=O)OCCCCCCCCCCCCCC(C)C. The zero-order valence-electron chi connectivity index (χ0n) is 38.8. The van der Waals surface area contributed by atoms with Crippen molar-refractivity contribution in [1.29, 1.82) is 0 Å². The molecule has 0 aliphatic heterocycles. The van der Waals surface area contributed by atoms with Crippen LogP contribution in [-0.2, 0) is 14.3 Å². The second-order valence-corrected chi connectivity index (χ2v) is 18.5. The van der Waals surface area contributed by atoms with Gasteiger partial charge in [-0.05, 0) is 38.0 Å². The first-order valence-electron chi connectivity index (χ1n) is 25.8. The first-order chi connectivity index (χ1) is 27.4. The van der Waals surface area contributed by atoms with Crippen LogP contribution in [0.2, 0.25) is 0 Å². The lowest BCUT2D eigenvalue weighted by molar-refractivity contribution is -0.154. The van der Waals surface area contributed by atoms with Gasteiger partial charge >= 0.3 is 5.97 Å². The predicted molar refractivity (Wildman–Crippen MR) is 246 cm³/mol. The van der Waals surface area contributed by atoms with E-state index >= 15 is 0 Å². The third kappa shape index (κ3) is 41.3. The fourth-order valence-corrected chi connectivity index (χ4v) is 8.40. The summed E-state index contributed by atoms with van der Waals surface area (Å²) in [5.41, 5.74) is 0. The van der Waals surface area contributed by atoms with E-state index < -0.39 is 12.1 Å². The van der Waals surface area contributed by atoms with Crippen molar-refractivity contribution in [3.05, 3.63) is 0 Å². The number of carbonyl (C=O) groups is 2. The Kier molecular flexibility index (Phi) is 44.5. The van der Waals surface area contributed by atoms with Crippen molar-refractivity contribution in [3.8, 4) is 0 Å². The van der Waals surface area contributed by atoms with Gasteiger partial charge in [-0.3, -0.25) is 4.79 Å². The molecule has 2 unspecified atom stereocenters. The topological polar surface area (TPSA) is 63.6 Å². The number of rotatable bonds is 47. The third-order valence-corrected chi connectivity index (χ3v) is 12.4. The average molecular weight is 791 g/mol. The van der Waals surface area contributed by atoms with E-state index in [-0.39, 0.29) is 5.92 Å².